The number of alkyl halides is 3. The number of halogens is 6. The van der Waals surface area contributed by atoms with Crippen molar-refractivity contribution in [3.8, 4) is 5.75 Å². The van der Waals surface area contributed by atoms with Crippen LogP contribution in [0, 0.1) is 11.7 Å². The maximum atomic E-state index is 14.0. The van der Waals surface area contributed by atoms with Gasteiger partial charge in [0.05, 0.1) is 5.56 Å². The molecular formula is C18H26Cl2F4N2O. The van der Waals surface area contributed by atoms with Gasteiger partial charge in [0.25, 0.3) is 0 Å². The van der Waals surface area contributed by atoms with E-state index in [0.717, 1.165) is 38.2 Å². The molecule has 3 nitrogen and oxygen atoms in total. The summed E-state index contributed by atoms with van der Waals surface area (Å²) in [5.41, 5.74) is -1.19. The Morgan fingerprint density at radius 1 is 1.04 bits per heavy atom. The highest BCUT2D eigenvalue weighted by Crippen LogP contribution is 2.47. The topological polar surface area (TPSA) is 35.5 Å². The standard InChI is InChI=1S/C18H24F4N2O.2ClH/c19-14-7-6-13(18(20,21)22)15(17(14)25)16(12-4-2-1-3-5-12)24-10-8-23-9-11-24;;/h6-7,12,16,23,25H,1-5,8-11H2;2*1H/t16-;;/m1../s1. The molecule has 1 aliphatic carbocycles. The molecule has 1 heterocycles. The lowest BCUT2D eigenvalue weighted by Crippen LogP contribution is -2.47. The molecule has 1 aliphatic heterocycles. The molecule has 1 saturated heterocycles. The average Bonchev–Trinajstić information content (AvgIpc) is 2.60. The Morgan fingerprint density at radius 3 is 2.19 bits per heavy atom. The highest BCUT2D eigenvalue weighted by molar-refractivity contribution is 5.85. The van der Waals surface area contributed by atoms with Gasteiger partial charge in [-0.1, -0.05) is 19.3 Å². The van der Waals surface area contributed by atoms with Crippen LogP contribution in [0.4, 0.5) is 17.6 Å². The van der Waals surface area contributed by atoms with E-state index < -0.39 is 29.3 Å². The maximum absolute atomic E-state index is 14.0. The second-order valence-electron chi connectivity index (χ2n) is 6.98. The Morgan fingerprint density at radius 2 is 1.63 bits per heavy atom. The Balaban J connectivity index is 0.00000182. The van der Waals surface area contributed by atoms with Gasteiger partial charge >= 0.3 is 6.18 Å². The summed E-state index contributed by atoms with van der Waals surface area (Å²) < 4.78 is 54.8. The Kier molecular flexibility index (Phi) is 9.12. The van der Waals surface area contributed by atoms with Crippen LogP contribution in [0.3, 0.4) is 0 Å². The van der Waals surface area contributed by atoms with Crippen molar-refractivity contribution in [1.29, 1.82) is 0 Å². The van der Waals surface area contributed by atoms with Gasteiger partial charge in [-0.2, -0.15) is 13.2 Å². The van der Waals surface area contributed by atoms with E-state index in [2.05, 4.69) is 5.32 Å². The molecule has 0 amide bonds. The lowest BCUT2D eigenvalue weighted by Gasteiger charge is -2.42. The van der Waals surface area contributed by atoms with Gasteiger partial charge in [-0.15, -0.1) is 24.8 Å². The van der Waals surface area contributed by atoms with Gasteiger partial charge in [0.2, 0.25) is 0 Å². The van der Waals surface area contributed by atoms with Crippen LogP contribution in [0.2, 0.25) is 0 Å². The maximum Gasteiger partial charge on any atom is 0.416 e. The number of phenols is 1. The molecule has 27 heavy (non-hydrogen) atoms. The zero-order chi connectivity index (χ0) is 18.0. The molecule has 2 aliphatic rings. The minimum Gasteiger partial charge on any atom is -0.505 e. The summed E-state index contributed by atoms with van der Waals surface area (Å²) in [6, 6.07) is 0.870. The van der Waals surface area contributed by atoms with Gasteiger partial charge < -0.3 is 10.4 Å². The first-order valence-corrected chi connectivity index (χ1v) is 8.93. The van der Waals surface area contributed by atoms with Crippen molar-refractivity contribution in [2.45, 2.75) is 44.3 Å². The van der Waals surface area contributed by atoms with Crippen molar-refractivity contribution in [2.24, 2.45) is 5.92 Å². The van der Waals surface area contributed by atoms with Crippen LogP contribution < -0.4 is 5.32 Å². The lowest BCUT2D eigenvalue weighted by atomic mass is 9.78. The molecule has 9 heteroatoms. The fraction of sp³-hybridized carbons (Fsp3) is 0.667. The molecule has 1 saturated carbocycles. The largest absolute Gasteiger partial charge is 0.505 e. The number of hydrogen-bond donors (Lipinski definition) is 2. The van der Waals surface area contributed by atoms with Gasteiger partial charge in [0.15, 0.2) is 11.6 Å². The predicted molar refractivity (Wildman–Crippen MR) is 101 cm³/mol. The van der Waals surface area contributed by atoms with E-state index >= 15 is 0 Å². The van der Waals surface area contributed by atoms with Crippen LogP contribution in [0.1, 0.15) is 49.3 Å². The van der Waals surface area contributed by atoms with E-state index in [9.17, 15) is 22.7 Å². The van der Waals surface area contributed by atoms with Crippen LogP contribution in [-0.4, -0.2) is 36.2 Å². The van der Waals surface area contributed by atoms with Crippen molar-refractivity contribution in [1.82, 2.24) is 10.2 Å². The number of piperazine rings is 1. The predicted octanol–water partition coefficient (Wildman–Crippen LogP) is 4.92. The minimum atomic E-state index is -4.62. The molecule has 0 bridgehead atoms. The van der Waals surface area contributed by atoms with E-state index in [0.29, 0.717) is 32.2 Å². The lowest BCUT2D eigenvalue weighted by molar-refractivity contribution is -0.139. The number of phenolic OH excluding ortho intramolecular Hbond substituents is 1. The van der Waals surface area contributed by atoms with Crippen LogP contribution >= 0.6 is 24.8 Å². The molecule has 1 aromatic carbocycles. The SMILES string of the molecule is Cl.Cl.Oc1c(F)ccc(C(F)(F)F)c1[C@@H](C1CCCCC1)N1CCNCC1. The van der Waals surface area contributed by atoms with Gasteiger partial charge in [-0.3, -0.25) is 4.90 Å². The average molecular weight is 433 g/mol. The summed E-state index contributed by atoms with van der Waals surface area (Å²) >= 11 is 0. The Labute approximate surface area is 169 Å². The van der Waals surface area contributed by atoms with Gasteiger partial charge in [-0.05, 0) is 30.9 Å². The number of nitrogens with one attached hydrogen (secondary N) is 1. The monoisotopic (exact) mass is 432 g/mol. The fourth-order valence-corrected chi connectivity index (χ4v) is 4.25. The molecule has 156 valence electrons. The first-order valence-electron chi connectivity index (χ1n) is 8.93. The summed E-state index contributed by atoms with van der Waals surface area (Å²) in [7, 11) is 0. The van der Waals surface area contributed by atoms with Crippen molar-refractivity contribution >= 4 is 24.8 Å². The van der Waals surface area contributed by atoms with Gasteiger partial charge in [0.1, 0.15) is 0 Å². The number of nitrogens with zero attached hydrogens (tertiary/aromatic N) is 1. The van der Waals surface area contributed by atoms with E-state index in [4.69, 9.17) is 0 Å². The van der Waals surface area contributed by atoms with Crippen LogP contribution in [0.25, 0.3) is 0 Å². The zero-order valence-corrected chi connectivity index (χ0v) is 16.5. The number of rotatable bonds is 3. The van der Waals surface area contributed by atoms with Crippen molar-refractivity contribution < 1.29 is 22.7 Å². The molecule has 1 aromatic rings. The number of hydrogen-bond acceptors (Lipinski definition) is 3. The van der Waals surface area contributed by atoms with Crippen molar-refractivity contribution in [3.63, 3.8) is 0 Å². The molecule has 1 atom stereocenters. The summed E-state index contributed by atoms with van der Waals surface area (Å²) in [5.74, 6) is -1.83. The third-order valence-corrected chi connectivity index (χ3v) is 5.41. The molecule has 2 fully saturated rings. The molecule has 0 aromatic heterocycles. The quantitative estimate of drug-likeness (QED) is 0.665. The molecule has 3 rings (SSSR count). The Bertz CT molecular complexity index is 586. The minimum absolute atomic E-state index is 0. The van der Waals surface area contributed by atoms with Crippen molar-refractivity contribution in [3.05, 3.63) is 29.1 Å². The molecule has 0 unspecified atom stereocenters. The summed E-state index contributed by atoms with van der Waals surface area (Å²) in [6.07, 6.45) is -0.00738. The van der Waals surface area contributed by atoms with Crippen LogP contribution in [0.15, 0.2) is 12.1 Å². The van der Waals surface area contributed by atoms with E-state index in [1.165, 1.54) is 0 Å². The first-order chi connectivity index (χ1) is 11.9. The highest BCUT2D eigenvalue weighted by atomic mass is 35.5. The van der Waals surface area contributed by atoms with Crippen molar-refractivity contribution in [2.75, 3.05) is 26.2 Å². The van der Waals surface area contributed by atoms with Gasteiger partial charge in [-0.25, -0.2) is 4.39 Å². The zero-order valence-electron chi connectivity index (χ0n) is 14.9. The number of aromatic hydroxyl groups is 1. The molecule has 0 radical (unpaired) electrons. The van der Waals surface area contributed by atoms with Crippen LogP contribution in [-0.2, 0) is 6.18 Å². The number of benzene rings is 1. The molecular weight excluding hydrogens is 407 g/mol. The molecule has 0 spiro atoms. The van der Waals surface area contributed by atoms with Gasteiger partial charge in [0, 0.05) is 37.8 Å². The van der Waals surface area contributed by atoms with E-state index in [-0.39, 0.29) is 36.3 Å². The first kappa shape index (κ1) is 24.3. The third-order valence-electron chi connectivity index (χ3n) is 5.41. The third kappa shape index (κ3) is 5.40. The second kappa shape index (κ2) is 10.1. The summed E-state index contributed by atoms with van der Waals surface area (Å²) in [6.45, 7) is 2.55. The smallest absolute Gasteiger partial charge is 0.416 e. The summed E-state index contributed by atoms with van der Waals surface area (Å²) in [5, 5.41) is 13.5. The highest BCUT2D eigenvalue weighted by Gasteiger charge is 2.42. The second-order valence-corrected chi connectivity index (χ2v) is 6.98. The normalized spacial score (nSPS) is 20.4. The van der Waals surface area contributed by atoms with E-state index in [1.54, 1.807) is 0 Å². The van der Waals surface area contributed by atoms with Crippen LogP contribution in [0.5, 0.6) is 5.75 Å². The summed E-state index contributed by atoms with van der Waals surface area (Å²) in [4.78, 5) is 1.98. The van der Waals surface area contributed by atoms with E-state index in [1.807, 2.05) is 4.90 Å². The molecule has 2 N–H and O–H groups in total. The fourth-order valence-electron chi connectivity index (χ4n) is 4.25. The Hall–Kier alpha value is -0.760.